The molecule has 88 valence electrons. The van der Waals surface area contributed by atoms with E-state index in [4.69, 9.17) is 9.47 Å². The minimum atomic E-state index is -0.0145. The number of carbonyl (C=O) groups excluding carboxylic acids is 1. The number of hydrogen-bond acceptors (Lipinski definition) is 3. The third kappa shape index (κ3) is 5.78. The molecule has 3 heteroatoms. The molecule has 1 aliphatic rings. The summed E-state index contributed by atoms with van der Waals surface area (Å²) in [6.45, 7) is 0.789. The molecule has 0 bridgehead atoms. The van der Waals surface area contributed by atoms with Gasteiger partial charge in [0.25, 0.3) is 0 Å². The first-order chi connectivity index (χ1) is 7.33. The van der Waals surface area contributed by atoms with Crippen LogP contribution in [0, 0.1) is 0 Å². The summed E-state index contributed by atoms with van der Waals surface area (Å²) < 4.78 is 10.3. The van der Waals surface area contributed by atoms with Gasteiger partial charge in [0, 0.05) is 20.1 Å². The molecule has 0 aliphatic heterocycles. The number of unbranched alkanes of at least 4 members (excludes halogenated alkanes) is 2. The van der Waals surface area contributed by atoms with E-state index >= 15 is 0 Å². The van der Waals surface area contributed by atoms with Gasteiger partial charge in [-0.15, -0.1) is 0 Å². The molecule has 0 radical (unpaired) electrons. The maximum absolute atomic E-state index is 11.4. The lowest BCUT2D eigenvalue weighted by Crippen LogP contribution is -2.14. The van der Waals surface area contributed by atoms with Crippen molar-refractivity contribution in [3.63, 3.8) is 0 Å². The van der Waals surface area contributed by atoms with Crippen LogP contribution in [0.4, 0.5) is 0 Å². The van der Waals surface area contributed by atoms with Gasteiger partial charge < -0.3 is 9.47 Å². The van der Waals surface area contributed by atoms with Crippen LogP contribution in [-0.4, -0.2) is 25.8 Å². The highest BCUT2D eigenvalue weighted by molar-refractivity contribution is 5.69. The molecule has 0 aromatic rings. The van der Waals surface area contributed by atoms with E-state index in [9.17, 15) is 4.79 Å². The van der Waals surface area contributed by atoms with Crippen LogP contribution in [0.3, 0.4) is 0 Å². The quantitative estimate of drug-likeness (QED) is 0.483. The SMILES string of the molecule is COCCCCCC(=O)OC1CCCC1. The first-order valence-corrected chi connectivity index (χ1v) is 6.01. The minimum Gasteiger partial charge on any atom is -0.462 e. The number of esters is 1. The van der Waals surface area contributed by atoms with Crippen molar-refractivity contribution >= 4 is 5.97 Å². The Morgan fingerprint density at radius 2 is 1.93 bits per heavy atom. The van der Waals surface area contributed by atoms with Gasteiger partial charge in [0.05, 0.1) is 0 Å². The number of rotatable bonds is 7. The van der Waals surface area contributed by atoms with Crippen molar-refractivity contribution < 1.29 is 14.3 Å². The Balaban J connectivity index is 1.93. The highest BCUT2D eigenvalue weighted by Gasteiger charge is 2.18. The second kappa shape index (κ2) is 7.69. The molecule has 1 fully saturated rings. The average Bonchev–Trinajstić information content (AvgIpc) is 2.70. The molecule has 0 N–H and O–H groups in total. The molecule has 1 rings (SSSR count). The summed E-state index contributed by atoms with van der Waals surface area (Å²) in [5.41, 5.74) is 0. The fraction of sp³-hybridized carbons (Fsp3) is 0.917. The summed E-state index contributed by atoms with van der Waals surface area (Å²) >= 11 is 0. The lowest BCUT2D eigenvalue weighted by molar-refractivity contribution is -0.148. The molecular formula is C12H22O3. The summed E-state index contributed by atoms with van der Waals surface area (Å²) in [5.74, 6) is -0.0145. The van der Waals surface area contributed by atoms with Gasteiger partial charge in [-0.1, -0.05) is 6.42 Å². The minimum absolute atomic E-state index is 0.0145. The van der Waals surface area contributed by atoms with E-state index in [1.165, 1.54) is 12.8 Å². The summed E-state index contributed by atoms with van der Waals surface area (Å²) in [4.78, 5) is 11.4. The lowest BCUT2D eigenvalue weighted by Gasteiger charge is -2.10. The van der Waals surface area contributed by atoms with Crippen molar-refractivity contribution in [2.75, 3.05) is 13.7 Å². The maximum atomic E-state index is 11.4. The van der Waals surface area contributed by atoms with Crippen molar-refractivity contribution in [1.82, 2.24) is 0 Å². The standard InChI is InChI=1S/C12H22O3/c1-14-10-6-2-3-9-12(13)15-11-7-4-5-8-11/h11H,2-10H2,1H3. The zero-order chi connectivity index (χ0) is 10.9. The van der Waals surface area contributed by atoms with E-state index in [1.54, 1.807) is 7.11 Å². The topological polar surface area (TPSA) is 35.5 Å². The largest absolute Gasteiger partial charge is 0.462 e. The van der Waals surface area contributed by atoms with Crippen LogP contribution in [0.1, 0.15) is 51.4 Å². The summed E-state index contributed by atoms with van der Waals surface area (Å²) in [6, 6.07) is 0. The molecule has 0 saturated heterocycles. The average molecular weight is 214 g/mol. The van der Waals surface area contributed by atoms with Crippen LogP contribution in [0.25, 0.3) is 0 Å². The van der Waals surface area contributed by atoms with Crippen LogP contribution < -0.4 is 0 Å². The molecule has 0 heterocycles. The summed E-state index contributed by atoms with van der Waals surface area (Å²) in [5, 5.41) is 0. The highest BCUT2D eigenvalue weighted by Crippen LogP contribution is 2.21. The van der Waals surface area contributed by atoms with Crippen LogP contribution in [0.5, 0.6) is 0 Å². The molecule has 0 aromatic heterocycles. The van der Waals surface area contributed by atoms with Crippen molar-refractivity contribution in [3.8, 4) is 0 Å². The smallest absolute Gasteiger partial charge is 0.306 e. The zero-order valence-electron chi connectivity index (χ0n) is 9.67. The van der Waals surface area contributed by atoms with E-state index in [2.05, 4.69) is 0 Å². The summed E-state index contributed by atoms with van der Waals surface area (Å²) in [6.07, 6.45) is 8.36. The fourth-order valence-corrected chi connectivity index (χ4v) is 1.94. The molecule has 1 aliphatic carbocycles. The first-order valence-electron chi connectivity index (χ1n) is 6.01. The molecule has 0 amide bonds. The van der Waals surface area contributed by atoms with E-state index < -0.39 is 0 Å². The first kappa shape index (κ1) is 12.5. The Morgan fingerprint density at radius 1 is 1.20 bits per heavy atom. The van der Waals surface area contributed by atoms with Crippen LogP contribution in [0.2, 0.25) is 0 Å². The fourth-order valence-electron chi connectivity index (χ4n) is 1.94. The Morgan fingerprint density at radius 3 is 2.60 bits per heavy atom. The van der Waals surface area contributed by atoms with E-state index in [0.717, 1.165) is 38.7 Å². The van der Waals surface area contributed by atoms with Crippen molar-refractivity contribution in [1.29, 1.82) is 0 Å². The normalized spacial score (nSPS) is 16.9. The third-order valence-electron chi connectivity index (χ3n) is 2.83. The van der Waals surface area contributed by atoms with Crippen LogP contribution >= 0.6 is 0 Å². The molecule has 3 nitrogen and oxygen atoms in total. The molecule has 15 heavy (non-hydrogen) atoms. The van der Waals surface area contributed by atoms with Gasteiger partial charge in [0.2, 0.25) is 0 Å². The Kier molecular flexibility index (Phi) is 6.41. The number of ether oxygens (including phenoxy) is 2. The van der Waals surface area contributed by atoms with Gasteiger partial charge in [-0.2, -0.15) is 0 Å². The van der Waals surface area contributed by atoms with Gasteiger partial charge in [-0.3, -0.25) is 4.79 Å². The highest BCUT2D eigenvalue weighted by atomic mass is 16.5. The number of hydrogen-bond donors (Lipinski definition) is 0. The van der Waals surface area contributed by atoms with E-state index in [1.807, 2.05) is 0 Å². The molecule has 0 spiro atoms. The Hall–Kier alpha value is -0.570. The van der Waals surface area contributed by atoms with Gasteiger partial charge in [0.15, 0.2) is 0 Å². The van der Waals surface area contributed by atoms with Crippen LogP contribution in [0.15, 0.2) is 0 Å². The van der Waals surface area contributed by atoms with E-state index in [-0.39, 0.29) is 12.1 Å². The predicted molar refractivity (Wildman–Crippen MR) is 58.7 cm³/mol. The van der Waals surface area contributed by atoms with Crippen LogP contribution in [-0.2, 0) is 14.3 Å². The second-order valence-corrected chi connectivity index (χ2v) is 4.20. The van der Waals surface area contributed by atoms with Crippen molar-refractivity contribution in [3.05, 3.63) is 0 Å². The van der Waals surface area contributed by atoms with Crippen molar-refractivity contribution in [2.45, 2.75) is 57.5 Å². The van der Waals surface area contributed by atoms with Gasteiger partial charge >= 0.3 is 5.97 Å². The molecule has 1 saturated carbocycles. The second-order valence-electron chi connectivity index (χ2n) is 4.20. The number of carbonyl (C=O) groups is 1. The number of methoxy groups -OCH3 is 1. The molecular weight excluding hydrogens is 192 g/mol. The molecule has 0 atom stereocenters. The van der Waals surface area contributed by atoms with E-state index in [0.29, 0.717) is 6.42 Å². The van der Waals surface area contributed by atoms with Gasteiger partial charge in [0.1, 0.15) is 6.10 Å². The molecule has 0 aromatic carbocycles. The third-order valence-corrected chi connectivity index (χ3v) is 2.83. The molecule has 0 unspecified atom stereocenters. The van der Waals surface area contributed by atoms with Crippen molar-refractivity contribution in [2.24, 2.45) is 0 Å². The Labute approximate surface area is 92.1 Å². The van der Waals surface area contributed by atoms with Gasteiger partial charge in [-0.05, 0) is 38.5 Å². The zero-order valence-corrected chi connectivity index (χ0v) is 9.67. The maximum Gasteiger partial charge on any atom is 0.306 e. The predicted octanol–water partition coefficient (Wildman–Crippen LogP) is 2.68. The monoisotopic (exact) mass is 214 g/mol. The lowest BCUT2D eigenvalue weighted by atomic mass is 10.2. The summed E-state index contributed by atoms with van der Waals surface area (Å²) in [7, 11) is 1.70. The Bertz CT molecular complexity index is 174. The van der Waals surface area contributed by atoms with Gasteiger partial charge in [-0.25, -0.2) is 0 Å².